The molecule has 3 aromatic rings. The Hall–Kier alpha value is -2.72. The third-order valence-corrected chi connectivity index (χ3v) is 6.89. The van der Waals surface area contributed by atoms with Gasteiger partial charge in [-0.25, -0.2) is 8.42 Å². The number of aromatic nitrogens is 3. The molecule has 2 heterocycles. The summed E-state index contributed by atoms with van der Waals surface area (Å²) in [6.07, 6.45) is 3.82. The molecule has 8 nitrogen and oxygen atoms in total. The van der Waals surface area contributed by atoms with Crippen molar-refractivity contribution in [3.05, 3.63) is 58.3 Å². The number of hydrogen-bond acceptors (Lipinski definition) is 6. The van der Waals surface area contributed by atoms with Gasteiger partial charge in [0.05, 0.1) is 6.54 Å². The molecule has 0 bridgehead atoms. The highest BCUT2D eigenvalue weighted by Crippen LogP contribution is 2.35. The Labute approximate surface area is 166 Å². The molecule has 1 aliphatic carbocycles. The van der Waals surface area contributed by atoms with Crippen molar-refractivity contribution < 1.29 is 13.2 Å². The van der Waals surface area contributed by atoms with Crippen LogP contribution in [0.4, 0.5) is 5.69 Å². The summed E-state index contributed by atoms with van der Waals surface area (Å²) in [7, 11) is -3.88. The molecule has 2 N–H and O–H groups in total. The van der Waals surface area contributed by atoms with Gasteiger partial charge in [0.25, 0.3) is 15.9 Å². The van der Waals surface area contributed by atoms with Gasteiger partial charge in [-0.05, 0) is 43.3 Å². The van der Waals surface area contributed by atoms with Crippen LogP contribution in [0.15, 0.2) is 46.9 Å². The fourth-order valence-corrected chi connectivity index (χ4v) is 5.20. The minimum absolute atomic E-state index is 0.0424. The van der Waals surface area contributed by atoms with E-state index in [1.165, 1.54) is 6.07 Å². The molecule has 4 rings (SSSR count). The van der Waals surface area contributed by atoms with Crippen LogP contribution in [0.5, 0.6) is 0 Å². The molecule has 10 heteroatoms. The van der Waals surface area contributed by atoms with E-state index < -0.39 is 15.9 Å². The second kappa shape index (κ2) is 7.36. The Morgan fingerprint density at radius 2 is 2.00 bits per heavy atom. The molecule has 1 saturated carbocycles. The topological polar surface area (TPSA) is 106 Å². The van der Waals surface area contributed by atoms with E-state index in [1.807, 2.05) is 23.6 Å². The first-order valence-electron chi connectivity index (χ1n) is 8.77. The molecule has 0 atom stereocenters. The van der Waals surface area contributed by atoms with Gasteiger partial charge in [0.15, 0.2) is 5.82 Å². The maximum Gasteiger partial charge on any atom is 0.263 e. The number of nitrogens with one attached hydrogen (secondary N) is 2. The molecule has 0 unspecified atom stereocenters. The molecule has 1 aliphatic rings. The summed E-state index contributed by atoms with van der Waals surface area (Å²) in [6.45, 7) is 2.11. The van der Waals surface area contributed by atoms with Gasteiger partial charge in [0.2, 0.25) is 0 Å². The van der Waals surface area contributed by atoms with E-state index in [-0.39, 0.29) is 16.3 Å². The van der Waals surface area contributed by atoms with Gasteiger partial charge in [0, 0.05) is 11.7 Å². The average molecular weight is 418 g/mol. The molecule has 0 spiro atoms. The van der Waals surface area contributed by atoms with Crippen molar-refractivity contribution in [1.29, 1.82) is 0 Å². The van der Waals surface area contributed by atoms with Crippen LogP contribution in [-0.4, -0.2) is 29.1 Å². The number of thiophene rings is 1. The zero-order valence-corrected chi connectivity index (χ0v) is 16.8. The van der Waals surface area contributed by atoms with E-state index in [2.05, 4.69) is 20.2 Å². The lowest BCUT2D eigenvalue weighted by Gasteiger charge is -2.10. The van der Waals surface area contributed by atoms with E-state index >= 15 is 0 Å². The number of benzene rings is 1. The number of sulfonamides is 1. The Bertz CT molecular complexity index is 1100. The zero-order chi connectivity index (χ0) is 19.7. The van der Waals surface area contributed by atoms with Crippen molar-refractivity contribution in [2.24, 2.45) is 0 Å². The van der Waals surface area contributed by atoms with Crippen LogP contribution in [0.2, 0.25) is 0 Å². The highest BCUT2D eigenvalue weighted by Gasteiger charge is 2.27. The fourth-order valence-electron chi connectivity index (χ4n) is 2.80. The Kier molecular flexibility index (Phi) is 4.90. The van der Waals surface area contributed by atoms with Crippen LogP contribution in [0.3, 0.4) is 0 Å². The molecule has 0 radical (unpaired) electrons. The van der Waals surface area contributed by atoms with E-state index in [0.29, 0.717) is 17.6 Å². The zero-order valence-electron chi connectivity index (χ0n) is 15.1. The van der Waals surface area contributed by atoms with Gasteiger partial charge in [-0.15, -0.1) is 21.5 Å². The van der Waals surface area contributed by atoms with Crippen molar-refractivity contribution in [2.75, 3.05) is 4.72 Å². The third-order valence-electron chi connectivity index (χ3n) is 4.42. The summed E-state index contributed by atoms with van der Waals surface area (Å²) in [5.41, 5.74) is 1.47. The largest absolute Gasteiger partial charge is 0.344 e. The van der Waals surface area contributed by atoms with E-state index in [9.17, 15) is 13.2 Å². The number of carbonyl (C=O) groups excluding carboxylic acids is 1. The van der Waals surface area contributed by atoms with Crippen LogP contribution in [0.1, 0.15) is 39.9 Å². The molecule has 146 valence electrons. The predicted octanol–water partition coefficient (Wildman–Crippen LogP) is 2.71. The fraction of sp³-hybridized carbons (Fsp3) is 0.278. The molecular formula is C18H19N5O3S2. The summed E-state index contributed by atoms with van der Waals surface area (Å²) in [5.74, 6) is 0.208. The summed E-state index contributed by atoms with van der Waals surface area (Å²) < 4.78 is 30.0. The molecular weight excluding hydrogens is 398 g/mol. The number of rotatable bonds is 7. The summed E-state index contributed by atoms with van der Waals surface area (Å²) in [6, 6.07) is 8.83. The van der Waals surface area contributed by atoms with Crippen LogP contribution in [-0.2, 0) is 16.6 Å². The molecule has 1 fully saturated rings. The van der Waals surface area contributed by atoms with Gasteiger partial charge in [-0.2, -0.15) is 0 Å². The van der Waals surface area contributed by atoms with Gasteiger partial charge < -0.3 is 9.88 Å². The first-order valence-corrected chi connectivity index (χ1v) is 11.1. The van der Waals surface area contributed by atoms with Crippen molar-refractivity contribution in [3.8, 4) is 0 Å². The Balaban J connectivity index is 1.48. The third kappa shape index (κ3) is 3.92. The van der Waals surface area contributed by atoms with Crippen molar-refractivity contribution in [3.63, 3.8) is 0 Å². The molecule has 0 aliphatic heterocycles. The number of carbonyl (C=O) groups is 1. The highest BCUT2D eigenvalue weighted by molar-refractivity contribution is 7.93. The van der Waals surface area contributed by atoms with Gasteiger partial charge in [-0.1, -0.05) is 17.7 Å². The lowest BCUT2D eigenvalue weighted by atomic mass is 10.2. The Morgan fingerprint density at radius 1 is 1.25 bits per heavy atom. The van der Waals surface area contributed by atoms with Crippen LogP contribution in [0.25, 0.3) is 0 Å². The Morgan fingerprint density at radius 3 is 2.71 bits per heavy atom. The number of aryl methyl sites for hydroxylation is 1. The second-order valence-corrected chi connectivity index (χ2v) is 9.22. The van der Waals surface area contributed by atoms with E-state index in [4.69, 9.17) is 0 Å². The quantitative estimate of drug-likeness (QED) is 0.615. The first kappa shape index (κ1) is 18.6. The highest BCUT2D eigenvalue weighted by atomic mass is 32.2. The maximum absolute atomic E-state index is 12.7. The van der Waals surface area contributed by atoms with Crippen LogP contribution < -0.4 is 10.0 Å². The number of nitrogens with zero attached hydrogens (tertiary/aromatic N) is 3. The summed E-state index contributed by atoms with van der Waals surface area (Å²) in [4.78, 5) is 12.7. The van der Waals surface area contributed by atoms with Crippen LogP contribution in [0, 0.1) is 6.92 Å². The molecule has 1 aromatic carbocycles. The van der Waals surface area contributed by atoms with Gasteiger partial charge in [0.1, 0.15) is 16.1 Å². The smallest absolute Gasteiger partial charge is 0.263 e. The lowest BCUT2D eigenvalue weighted by molar-refractivity contribution is 0.0950. The minimum atomic E-state index is -3.88. The molecule has 1 amide bonds. The predicted molar refractivity (Wildman–Crippen MR) is 106 cm³/mol. The van der Waals surface area contributed by atoms with E-state index in [1.54, 1.807) is 23.8 Å². The summed E-state index contributed by atoms with van der Waals surface area (Å²) in [5, 5.41) is 12.3. The second-order valence-electron chi connectivity index (χ2n) is 6.65. The van der Waals surface area contributed by atoms with Gasteiger partial charge in [-0.3, -0.25) is 9.52 Å². The summed E-state index contributed by atoms with van der Waals surface area (Å²) >= 11 is 1.08. The SMILES string of the molecule is Cc1ccc(NS(=O)(=O)c2ccsc2C(=O)NCc2nncn2C2CC2)cc1. The van der Waals surface area contributed by atoms with Crippen LogP contribution >= 0.6 is 11.3 Å². The van der Waals surface area contributed by atoms with Crippen molar-refractivity contribution in [2.45, 2.75) is 37.2 Å². The lowest BCUT2D eigenvalue weighted by Crippen LogP contribution is -2.26. The molecule has 2 aromatic heterocycles. The molecule has 28 heavy (non-hydrogen) atoms. The minimum Gasteiger partial charge on any atom is -0.344 e. The number of hydrogen-bond donors (Lipinski definition) is 2. The van der Waals surface area contributed by atoms with Gasteiger partial charge >= 0.3 is 0 Å². The molecule has 0 saturated heterocycles. The van der Waals surface area contributed by atoms with E-state index in [0.717, 1.165) is 29.7 Å². The van der Waals surface area contributed by atoms with Crippen molar-refractivity contribution in [1.82, 2.24) is 20.1 Å². The monoisotopic (exact) mass is 417 g/mol. The maximum atomic E-state index is 12.7. The average Bonchev–Trinajstić information content (AvgIpc) is 3.19. The number of amides is 1. The normalized spacial score (nSPS) is 14.0. The number of anilines is 1. The standard InChI is InChI=1S/C18H19N5O3S2/c1-12-2-4-13(5-3-12)22-28(25,26)15-8-9-27-17(15)18(24)19-10-16-21-20-11-23(16)14-6-7-14/h2-5,8-9,11,14,22H,6-7,10H2,1H3,(H,19,24). The van der Waals surface area contributed by atoms with Crippen molar-refractivity contribution >= 4 is 33.0 Å². The first-order chi connectivity index (χ1) is 13.4.